The Morgan fingerprint density at radius 1 is 1.60 bits per heavy atom. The lowest BCUT2D eigenvalue weighted by molar-refractivity contribution is -0.119. The Morgan fingerprint density at radius 3 is 3.07 bits per heavy atom. The van der Waals surface area contributed by atoms with Crippen molar-refractivity contribution >= 4 is 23.2 Å². The summed E-state index contributed by atoms with van der Waals surface area (Å²) >= 11 is 5.97. The Kier molecular flexibility index (Phi) is 2.60. The van der Waals surface area contributed by atoms with Gasteiger partial charge in [0.05, 0.1) is 12.2 Å². The Morgan fingerprint density at radius 2 is 2.40 bits per heavy atom. The molecule has 0 fully saturated rings. The molecule has 1 N–H and O–H groups in total. The van der Waals surface area contributed by atoms with Crippen LogP contribution >= 0.6 is 11.6 Å². The number of fused-ring (bicyclic) bond motifs is 1. The minimum atomic E-state index is -0.0712. The highest BCUT2D eigenvalue weighted by Crippen LogP contribution is 2.13. The first-order chi connectivity index (χ1) is 7.16. The number of amides is 1. The largest absolute Gasteiger partial charge is 0.351 e. The van der Waals surface area contributed by atoms with Gasteiger partial charge in [-0.2, -0.15) is 0 Å². The second-order valence-electron chi connectivity index (χ2n) is 3.22. The zero-order valence-electron chi connectivity index (χ0n) is 8.20. The summed E-state index contributed by atoms with van der Waals surface area (Å²) in [6.07, 6.45) is 1.81. The van der Waals surface area contributed by atoms with Crippen molar-refractivity contribution in [1.29, 1.82) is 0 Å². The number of nitrogens with zero attached hydrogens (tertiary/aromatic N) is 2. The molecular formula is C10H10ClN3O. The van der Waals surface area contributed by atoms with Crippen LogP contribution in [0.1, 0.15) is 12.6 Å². The SMILES string of the molecule is CC(=O)NCc1cn2c(Cl)cccc2n1. The fourth-order valence-corrected chi connectivity index (χ4v) is 1.54. The van der Waals surface area contributed by atoms with Gasteiger partial charge in [0.2, 0.25) is 5.91 Å². The van der Waals surface area contributed by atoms with Crippen molar-refractivity contribution in [3.8, 4) is 0 Å². The lowest BCUT2D eigenvalue weighted by atomic mass is 10.4. The van der Waals surface area contributed by atoms with E-state index in [1.165, 1.54) is 6.92 Å². The van der Waals surface area contributed by atoms with Gasteiger partial charge < -0.3 is 5.32 Å². The summed E-state index contributed by atoms with van der Waals surface area (Å²) in [5.41, 5.74) is 1.57. The fourth-order valence-electron chi connectivity index (χ4n) is 1.33. The van der Waals surface area contributed by atoms with E-state index in [4.69, 9.17) is 11.6 Å². The van der Waals surface area contributed by atoms with Gasteiger partial charge in [0.15, 0.2) is 0 Å². The van der Waals surface area contributed by atoms with Gasteiger partial charge in [-0.25, -0.2) is 4.98 Å². The van der Waals surface area contributed by atoms with Gasteiger partial charge in [-0.3, -0.25) is 9.20 Å². The fraction of sp³-hybridized carbons (Fsp3) is 0.200. The van der Waals surface area contributed by atoms with Crippen LogP contribution in [0.4, 0.5) is 0 Å². The third-order valence-corrected chi connectivity index (χ3v) is 2.32. The van der Waals surface area contributed by atoms with Crippen molar-refractivity contribution in [2.75, 3.05) is 0 Å². The number of carbonyl (C=O) groups is 1. The van der Waals surface area contributed by atoms with Gasteiger partial charge in [-0.05, 0) is 12.1 Å². The molecule has 2 aromatic heterocycles. The van der Waals surface area contributed by atoms with Crippen LogP contribution in [0.5, 0.6) is 0 Å². The molecule has 0 atom stereocenters. The maximum absolute atomic E-state index is 10.7. The van der Waals surface area contributed by atoms with Gasteiger partial charge >= 0.3 is 0 Å². The number of rotatable bonds is 2. The smallest absolute Gasteiger partial charge is 0.217 e. The number of hydrogen-bond donors (Lipinski definition) is 1. The average molecular weight is 224 g/mol. The van der Waals surface area contributed by atoms with Crippen LogP contribution in [0, 0.1) is 0 Å². The van der Waals surface area contributed by atoms with E-state index in [2.05, 4.69) is 10.3 Å². The quantitative estimate of drug-likeness (QED) is 0.787. The molecule has 2 rings (SSSR count). The summed E-state index contributed by atoms with van der Waals surface area (Å²) in [6, 6.07) is 5.49. The number of pyridine rings is 1. The van der Waals surface area contributed by atoms with Crippen LogP contribution in [0.3, 0.4) is 0 Å². The second kappa shape index (κ2) is 3.90. The monoisotopic (exact) mass is 223 g/mol. The molecule has 0 unspecified atom stereocenters. The van der Waals surface area contributed by atoms with Crippen molar-refractivity contribution in [2.45, 2.75) is 13.5 Å². The molecule has 2 heterocycles. The predicted octanol–water partition coefficient (Wildman–Crippen LogP) is 1.62. The third kappa shape index (κ3) is 2.10. The van der Waals surface area contributed by atoms with Gasteiger partial charge in [0, 0.05) is 13.1 Å². The Bertz CT molecular complexity index is 506. The average Bonchev–Trinajstić information content (AvgIpc) is 2.59. The molecule has 15 heavy (non-hydrogen) atoms. The van der Waals surface area contributed by atoms with Gasteiger partial charge in [0.25, 0.3) is 0 Å². The van der Waals surface area contributed by atoms with E-state index in [1.807, 2.05) is 18.3 Å². The minimum absolute atomic E-state index is 0.0712. The maximum atomic E-state index is 10.7. The first kappa shape index (κ1) is 9.98. The molecule has 0 aromatic carbocycles. The molecule has 5 heteroatoms. The number of imidazole rings is 1. The van der Waals surface area contributed by atoms with Crippen molar-refractivity contribution in [3.63, 3.8) is 0 Å². The number of hydrogen-bond acceptors (Lipinski definition) is 2. The molecule has 0 aliphatic heterocycles. The number of carbonyl (C=O) groups excluding carboxylic acids is 1. The summed E-state index contributed by atoms with van der Waals surface area (Å²) in [6.45, 7) is 1.90. The summed E-state index contributed by atoms with van der Waals surface area (Å²) in [4.78, 5) is 15.0. The van der Waals surface area contributed by atoms with Gasteiger partial charge in [-0.15, -0.1) is 0 Å². The van der Waals surface area contributed by atoms with E-state index < -0.39 is 0 Å². The molecule has 4 nitrogen and oxygen atoms in total. The van der Waals surface area contributed by atoms with Crippen molar-refractivity contribution in [3.05, 3.63) is 35.2 Å². The predicted molar refractivity (Wildman–Crippen MR) is 57.7 cm³/mol. The first-order valence-corrected chi connectivity index (χ1v) is 4.91. The highest BCUT2D eigenvalue weighted by atomic mass is 35.5. The van der Waals surface area contributed by atoms with E-state index >= 15 is 0 Å². The summed E-state index contributed by atoms with van der Waals surface area (Å²) in [5, 5.41) is 3.29. The van der Waals surface area contributed by atoms with Crippen LogP contribution in [-0.2, 0) is 11.3 Å². The van der Waals surface area contributed by atoms with E-state index in [0.717, 1.165) is 11.3 Å². The van der Waals surface area contributed by atoms with Gasteiger partial charge in [0.1, 0.15) is 10.8 Å². The molecule has 0 spiro atoms. The highest BCUT2D eigenvalue weighted by Gasteiger charge is 2.03. The van der Waals surface area contributed by atoms with Crippen molar-refractivity contribution < 1.29 is 4.79 Å². The Hall–Kier alpha value is -1.55. The maximum Gasteiger partial charge on any atom is 0.217 e. The lowest BCUT2D eigenvalue weighted by Crippen LogP contribution is -2.18. The molecule has 78 valence electrons. The standard InChI is InChI=1S/C10H10ClN3O/c1-7(15)12-5-8-6-14-9(11)3-2-4-10(14)13-8/h2-4,6H,5H2,1H3,(H,12,15). The Balaban J connectivity index is 2.31. The van der Waals surface area contributed by atoms with E-state index in [-0.39, 0.29) is 5.91 Å². The second-order valence-corrected chi connectivity index (χ2v) is 3.61. The number of nitrogens with one attached hydrogen (secondary N) is 1. The third-order valence-electron chi connectivity index (χ3n) is 2.01. The van der Waals surface area contributed by atoms with Crippen LogP contribution in [-0.4, -0.2) is 15.3 Å². The zero-order valence-corrected chi connectivity index (χ0v) is 8.95. The van der Waals surface area contributed by atoms with Crippen LogP contribution in [0.25, 0.3) is 5.65 Å². The molecule has 2 aromatic rings. The van der Waals surface area contributed by atoms with E-state index in [9.17, 15) is 4.79 Å². The van der Waals surface area contributed by atoms with Gasteiger partial charge in [-0.1, -0.05) is 17.7 Å². The van der Waals surface area contributed by atoms with Crippen molar-refractivity contribution in [1.82, 2.24) is 14.7 Å². The molecule has 0 bridgehead atoms. The summed E-state index contributed by atoms with van der Waals surface area (Å²) < 4.78 is 1.78. The molecule has 0 radical (unpaired) electrons. The minimum Gasteiger partial charge on any atom is -0.351 e. The lowest BCUT2D eigenvalue weighted by Gasteiger charge is -1.95. The molecule has 0 saturated heterocycles. The van der Waals surface area contributed by atoms with Crippen LogP contribution in [0.15, 0.2) is 24.4 Å². The molecule has 1 amide bonds. The van der Waals surface area contributed by atoms with E-state index in [1.54, 1.807) is 10.5 Å². The van der Waals surface area contributed by atoms with Crippen LogP contribution < -0.4 is 5.32 Å². The first-order valence-electron chi connectivity index (χ1n) is 4.54. The molecular weight excluding hydrogens is 214 g/mol. The van der Waals surface area contributed by atoms with Crippen molar-refractivity contribution in [2.24, 2.45) is 0 Å². The molecule has 0 saturated carbocycles. The highest BCUT2D eigenvalue weighted by molar-refractivity contribution is 6.29. The topological polar surface area (TPSA) is 46.4 Å². The number of aromatic nitrogens is 2. The van der Waals surface area contributed by atoms with Crippen LogP contribution in [0.2, 0.25) is 5.15 Å². The Labute approximate surface area is 91.9 Å². The normalized spacial score (nSPS) is 10.5. The molecule has 0 aliphatic carbocycles. The zero-order chi connectivity index (χ0) is 10.8. The molecule has 0 aliphatic rings. The number of halogens is 1. The summed E-state index contributed by atoms with van der Waals surface area (Å²) in [7, 11) is 0. The van der Waals surface area contributed by atoms with E-state index in [0.29, 0.717) is 11.7 Å². The summed E-state index contributed by atoms with van der Waals surface area (Å²) in [5.74, 6) is -0.0712.